The Morgan fingerprint density at radius 2 is 2.10 bits per heavy atom. The minimum absolute atomic E-state index is 0.165. The molecule has 1 unspecified atom stereocenters. The summed E-state index contributed by atoms with van der Waals surface area (Å²) in [6, 6.07) is 11.8. The molecule has 2 N–H and O–H groups in total. The van der Waals surface area contributed by atoms with Gasteiger partial charge in [0.1, 0.15) is 0 Å². The van der Waals surface area contributed by atoms with E-state index in [-0.39, 0.29) is 5.78 Å². The molecular weight excluding hydrogens is 282 g/mol. The van der Waals surface area contributed by atoms with Crippen molar-refractivity contribution >= 4 is 17.1 Å². The minimum atomic E-state index is -0.425. The molecule has 3 nitrogen and oxygen atoms in total. The molecule has 0 aliphatic heterocycles. The van der Waals surface area contributed by atoms with Crippen LogP contribution >= 0.6 is 11.3 Å². The summed E-state index contributed by atoms with van der Waals surface area (Å²) in [6.45, 7) is 3.10. The van der Waals surface area contributed by atoms with Crippen LogP contribution in [0.25, 0.3) is 0 Å². The summed E-state index contributed by atoms with van der Waals surface area (Å²) in [5, 5.41) is 15.1. The average Bonchev–Trinajstić information content (AvgIpc) is 2.91. The molecule has 0 amide bonds. The highest BCUT2D eigenvalue weighted by molar-refractivity contribution is 7.12. The van der Waals surface area contributed by atoms with E-state index in [1.165, 1.54) is 11.3 Å². The Bertz CT molecular complexity index is 565. The third-order valence-electron chi connectivity index (χ3n) is 3.23. The maximum Gasteiger partial charge on any atom is 0.174 e. The minimum Gasteiger partial charge on any atom is -0.391 e. The highest BCUT2D eigenvalue weighted by Crippen LogP contribution is 2.15. The lowest BCUT2D eigenvalue weighted by Gasteiger charge is -2.11. The van der Waals surface area contributed by atoms with E-state index in [4.69, 9.17) is 0 Å². The largest absolute Gasteiger partial charge is 0.391 e. The number of carbonyl (C=O) groups excluding carboxylic acids is 1. The lowest BCUT2D eigenvalue weighted by molar-refractivity contribution is 0.0983. The van der Waals surface area contributed by atoms with Gasteiger partial charge in [0, 0.05) is 19.5 Å². The number of aliphatic hydroxyl groups excluding tert-OH is 1. The molecule has 1 aromatic heterocycles. The van der Waals surface area contributed by atoms with Crippen LogP contribution in [0.1, 0.15) is 27.2 Å². The maximum absolute atomic E-state index is 11.9. The molecule has 4 heteroatoms. The van der Waals surface area contributed by atoms with Crippen LogP contribution in [0.2, 0.25) is 0 Å². The van der Waals surface area contributed by atoms with E-state index >= 15 is 0 Å². The van der Waals surface area contributed by atoms with Crippen LogP contribution in [-0.2, 0) is 6.42 Å². The van der Waals surface area contributed by atoms with Crippen molar-refractivity contribution in [3.05, 3.63) is 57.8 Å². The number of nitrogens with one attached hydrogen (secondary N) is 1. The highest BCUT2D eigenvalue weighted by atomic mass is 32.1. The first-order valence-electron chi connectivity index (χ1n) is 7.16. The van der Waals surface area contributed by atoms with Gasteiger partial charge in [0.05, 0.1) is 11.0 Å². The number of Topliss-reactive ketones (excluding diaryl/α,β-unsaturated/α-hetero) is 1. The van der Waals surface area contributed by atoms with Crippen molar-refractivity contribution in [1.82, 2.24) is 5.32 Å². The molecule has 0 bridgehead atoms. The molecule has 21 heavy (non-hydrogen) atoms. The molecule has 0 aliphatic carbocycles. The molecule has 0 aliphatic rings. The fourth-order valence-corrected chi connectivity index (χ4v) is 3.00. The third-order valence-corrected chi connectivity index (χ3v) is 4.32. The normalized spacial score (nSPS) is 12.3. The van der Waals surface area contributed by atoms with Crippen LogP contribution in [0.15, 0.2) is 41.8 Å². The van der Waals surface area contributed by atoms with Gasteiger partial charge in [-0.25, -0.2) is 0 Å². The molecule has 0 spiro atoms. The molecule has 1 atom stereocenters. The number of hydrogen-bond acceptors (Lipinski definition) is 4. The van der Waals surface area contributed by atoms with Crippen LogP contribution in [0.4, 0.5) is 0 Å². The van der Waals surface area contributed by atoms with Gasteiger partial charge < -0.3 is 10.4 Å². The number of thiophene rings is 1. The lowest BCUT2D eigenvalue weighted by atomic mass is 10.1. The summed E-state index contributed by atoms with van der Waals surface area (Å²) in [6.07, 6.45) is 0.677. The first kappa shape index (κ1) is 15.9. The second-order valence-corrected chi connectivity index (χ2v) is 6.12. The second-order valence-electron chi connectivity index (χ2n) is 5.21. The summed E-state index contributed by atoms with van der Waals surface area (Å²) in [5.74, 6) is 0.165. The van der Waals surface area contributed by atoms with Gasteiger partial charge in [-0.15, -0.1) is 11.3 Å². The highest BCUT2D eigenvalue weighted by Gasteiger charge is 2.09. The van der Waals surface area contributed by atoms with E-state index < -0.39 is 6.10 Å². The van der Waals surface area contributed by atoms with Gasteiger partial charge in [-0.2, -0.15) is 0 Å². The summed E-state index contributed by atoms with van der Waals surface area (Å²) < 4.78 is 0. The number of benzene rings is 1. The van der Waals surface area contributed by atoms with Crippen molar-refractivity contribution in [1.29, 1.82) is 0 Å². The summed E-state index contributed by atoms with van der Waals surface area (Å²) in [7, 11) is 0. The molecule has 2 rings (SSSR count). The number of aliphatic hydroxyl groups is 1. The predicted molar refractivity (Wildman–Crippen MR) is 87.0 cm³/mol. The number of aryl methyl sites for hydroxylation is 1. The predicted octanol–water partition coefficient (Wildman–Crippen LogP) is 2.82. The molecule has 0 fully saturated rings. The molecule has 112 valence electrons. The third kappa shape index (κ3) is 5.42. The standard InChI is InChI=1S/C17H21NO2S/c1-13-9-17(21-12-13)16(20)7-8-18-11-15(19)10-14-5-3-2-4-6-14/h2-6,9,12,15,18-19H,7-8,10-11H2,1H3. The van der Waals surface area contributed by atoms with Crippen molar-refractivity contribution < 1.29 is 9.90 Å². The van der Waals surface area contributed by atoms with Gasteiger partial charge in [0.2, 0.25) is 0 Å². The van der Waals surface area contributed by atoms with Crippen LogP contribution in [0.3, 0.4) is 0 Å². The Kier molecular flexibility index (Phi) is 6.11. The van der Waals surface area contributed by atoms with Crippen molar-refractivity contribution in [3.63, 3.8) is 0 Å². The monoisotopic (exact) mass is 303 g/mol. The summed E-state index contributed by atoms with van der Waals surface area (Å²) >= 11 is 1.50. The zero-order valence-electron chi connectivity index (χ0n) is 12.2. The molecule has 0 radical (unpaired) electrons. The smallest absolute Gasteiger partial charge is 0.174 e. The fraction of sp³-hybridized carbons (Fsp3) is 0.353. The van der Waals surface area contributed by atoms with Crippen LogP contribution < -0.4 is 5.32 Å². The van der Waals surface area contributed by atoms with Gasteiger partial charge >= 0.3 is 0 Å². The quantitative estimate of drug-likeness (QED) is 0.582. The molecular formula is C17H21NO2S. The van der Waals surface area contributed by atoms with Crippen molar-refractivity contribution in [2.75, 3.05) is 13.1 Å². The van der Waals surface area contributed by atoms with E-state index in [2.05, 4.69) is 5.32 Å². The van der Waals surface area contributed by atoms with E-state index in [1.54, 1.807) is 0 Å². The Morgan fingerprint density at radius 3 is 2.76 bits per heavy atom. The van der Waals surface area contributed by atoms with Crippen molar-refractivity contribution in [2.45, 2.75) is 25.9 Å². The fourth-order valence-electron chi connectivity index (χ4n) is 2.13. The van der Waals surface area contributed by atoms with E-state index in [9.17, 15) is 9.90 Å². The first-order valence-corrected chi connectivity index (χ1v) is 8.04. The van der Waals surface area contributed by atoms with Gasteiger partial charge in [0.25, 0.3) is 0 Å². The molecule has 1 heterocycles. The first-order chi connectivity index (χ1) is 10.1. The SMILES string of the molecule is Cc1csc(C(=O)CCNCC(O)Cc2ccccc2)c1. The lowest BCUT2D eigenvalue weighted by Crippen LogP contribution is -2.29. The maximum atomic E-state index is 11.9. The average molecular weight is 303 g/mol. The van der Waals surface area contributed by atoms with Crippen LogP contribution in [0, 0.1) is 6.92 Å². The number of hydrogen-bond donors (Lipinski definition) is 2. The van der Waals surface area contributed by atoms with Crippen LogP contribution in [-0.4, -0.2) is 30.1 Å². The van der Waals surface area contributed by atoms with Gasteiger partial charge in [-0.1, -0.05) is 30.3 Å². The van der Waals surface area contributed by atoms with Gasteiger partial charge in [0.15, 0.2) is 5.78 Å². The summed E-state index contributed by atoms with van der Waals surface area (Å²) in [5.41, 5.74) is 2.26. The van der Waals surface area contributed by atoms with Crippen LogP contribution in [0.5, 0.6) is 0 Å². The Morgan fingerprint density at radius 1 is 1.33 bits per heavy atom. The Balaban J connectivity index is 1.64. The van der Waals surface area contributed by atoms with Gasteiger partial charge in [-0.3, -0.25) is 4.79 Å². The van der Waals surface area contributed by atoms with E-state index in [0.717, 1.165) is 16.0 Å². The molecule has 0 saturated carbocycles. The van der Waals surface area contributed by atoms with Gasteiger partial charge in [-0.05, 0) is 35.9 Å². The van der Waals surface area contributed by atoms with Crippen molar-refractivity contribution in [3.8, 4) is 0 Å². The second kappa shape index (κ2) is 8.08. The zero-order chi connectivity index (χ0) is 15.1. The Hall–Kier alpha value is -1.49. The molecule has 2 aromatic rings. The van der Waals surface area contributed by atoms with Crippen molar-refractivity contribution in [2.24, 2.45) is 0 Å². The number of ketones is 1. The van der Waals surface area contributed by atoms with E-state index in [1.807, 2.05) is 48.7 Å². The number of carbonyl (C=O) groups is 1. The topological polar surface area (TPSA) is 49.3 Å². The number of rotatable bonds is 8. The Labute approximate surface area is 129 Å². The zero-order valence-corrected chi connectivity index (χ0v) is 13.0. The summed E-state index contributed by atoms with van der Waals surface area (Å²) in [4.78, 5) is 12.7. The van der Waals surface area contributed by atoms with E-state index in [0.29, 0.717) is 25.9 Å². The molecule has 0 saturated heterocycles. The molecule has 1 aromatic carbocycles.